The maximum Gasteiger partial charge on any atom is 0.187 e. The molecule has 5 aromatic rings. The van der Waals surface area contributed by atoms with E-state index in [2.05, 4.69) is 75.5 Å². The highest BCUT2D eigenvalue weighted by Crippen LogP contribution is 2.32. The summed E-state index contributed by atoms with van der Waals surface area (Å²) >= 11 is 1.59. The van der Waals surface area contributed by atoms with Gasteiger partial charge in [0, 0.05) is 61.4 Å². The molecule has 0 saturated heterocycles. The zero-order chi connectivity index (χ0) is 22.2. The molecule has 3 aromatic heterocycles. The first-order valence-electron chi connectivity index (χ1n) is 10.4. The summed E-state index contributed by atoms with van der Waals surface area (Å²) < 4.78 is 2.16. The Labute approximate surface area is 191 Å². The fourth-order valence-corrected chi connectivity index (χ4v) is 4.49. The van der Waals surface area contributed by atoms with Crippen molar-refractivity contribution < 1.29 is 0 Å². The second kappa shape index (κ2) is 8.09. The molecule has 0 bridgehead atoms. The number of benzene rings is 2. The Kier molecular flexibility index (Phi) is 5.11. The molecule has 7 heteroatoms. The van der Waals surface area contributed by atoms with Crippen molar-refractivity contribution in [3.63, 3.8) is 0 Å². The van der Waals surface area contributed by atoms with Gasteiger partial charge in [0.05, 0.1) is 16.7 Å². The number of aryl methyl sites for hydroxylation is 2. The second-order valence-corrected chi connectivity index (χ2v) is 8.85. The van der Waals surface area contributed by atoms with E-state index in [1.807, 2.05) is 26.2 Å². The second-order valence-electron chi connectivity index (χ2n) is 7.99. The summed E-state index contributed by atoms with van der Waals surface area (Å²) in [5.41, 5.74) is 8.48. The van der Waals surface area contributed by atoms with Crippen molar-refractivity contribution in [3.05, 3.63) is 71.9 Å². The number of nitrogens with zero attached hydrogens (tertiary/aromatic N) is 5. The van der Waals surface area contributed by atoms with E-state index in [0.717, 1.165) is 55.7 Å². The zero-order valence-corrected chi connectivity index (χ0v) is 19.3. The first-order valence-corrected chi connectivity index (χ1v) is 11.3. The molecule has 0 aliphatic carbocycles. The van der Waals surface area contributed by atoms with Crippen LogP contribution in [0.3, 0.4) is 0 Å². The van der Waals surface area contributed by atoms with Crippen LogP contribution in [-0.2, 0) is 7.05 Å². The van der Waals surface area contributed by atoms with Crippen LogP contribution in [0.5, 0.6) is 0 Å². The monoisotopic (exact) mass is 440 g/mol. The number of aromatic nitrogens is 4. The Bertz CT molecular complexity index is 1400. The van der Waals surface area contributed by atoms with E-state index in [1.165, 1.54) is 0 Å². The number of fused-ring (bicyclic) bond motifs is 1. The lowest BCUT2D eigenvalue weighted by Gasteiger charge is -2.13. The first kappa shape index (κ1) is 20.2. The van der Waals surface area contributed by atoms with Crippen LogP contribution >= 0.6 is 11.3 Å². The normalized spacial score (nSPS) is 11.1. The molecule has 2 aromatic carbocycles. The lowest BCUT2D eigenvalue weighted by molar-refractivity contribution is 0.958. The van der Waals surface area contributed by atoms with Gasteiger partial charge < -0.3 is 14.8 Å². The summed E-state index contributed by atoms with van der Waals surface area (Å²) in [5.74, 6) is 0.953. The zero-order valence-electron chi connectivity index (χ0n) is 18.5. The molecule has 0 unspecified atom stereocenters. The van der Waals surface area contributed by atoms with Crippen molar-refractivity contribution in [3.8, 4) is 22.6 Å². The quantitative estimate of drug-likeness (QED) is 0.370. The Morgan fingerprint density at radius 2 is 1.78 bits per heavy atom. The van der Waals surface area contributed by atoms with Crippen molar-refractivity contribution in [2.24, 2.45) is 7.05 Å². The maximum atomic E-state index is 4.96. The Balaban J connectivity index is 1.49. The van der Waals surface area contributed by atoms with E-state index in [-0.39, 0.29) is 0 Å². The van der Waals surface area contributed by atoms with E-state index in [1.54, 1.807) is 23.7 Å². The van der Waals surface area contributed by atoms with Crippen LogP contribution < -0.4 is 10.2 Å². The van der Waals surface area contributed by atoms with Crippen LogP contribution in [0.2, 0.25) is 0 Å². The Morgan fingerprint density at radius 1 is 0.969 bits per heavy atom. The van der Waals surface area contributed by atoms with Crippen LogP contribution in [0.15, 0.2) is 66.3 Å². The summed E-state index contributed by atoms with van der Waals surface area (Å²) in [6.45, 7) is 2.11. The summed E-state index contributed by atoms with van der Waals surface area (Å²) in [7, 11) is 6.17. The largest absolute Gasteiger partial charge is 0.378 e. The average Bonchev–Trinajstić information content (AvgIpc) is 3.40. The number of imidazole rings is 1. The number of hydrogen-bond donors (Lipinski definition) is 1. The first-order chi connectivity index (χ1) is 15.5. The van der Waals surface area contributed by atoms with Gasteiger partial charge in [-0.25, -0.2) is 9.97 Å². The Morgan fingerprint density at radius 3 is 2.56 bits per heavy atom. The fraction of sp³-hybridized carbons (Fsp3) is 0.160. The molecule has 0 spiro atoms. The predicted molar refractivity (Wildman–Crippen MR) is 134 cm³/mol. The topological polar surface area (TPSA) is 58.9 Å². The molecular formula is C25H24N6S. The molecule has 6 nitrogen and oxygen atoms in total. The van der Waals surface area contributed by atoms with Crippen molar-refractivity contribution in [1.82, 2.24) is 19.5 Å². The van der Waals surface area contributed by atoms with Gasteiger partial charge in [-0.1, -0.05) is 12.1 Å². The summed E-state index contributed by atoms with van der Waals surface area (Å²) in [4.78, 5) is 15.9. The Hall–Kier alpha value is -3.71. The van der Waals surface area contributed by atoms with Gasteiger partial charge in [0.1, 0.15) is 5.82 Å². The number of pyridine rings is 1. The van der Waals surface area contributed by atoms with Crippen LogP contribution in [0.4, 0.5) is 16.5 Å². The average molecular weight is 441 g/mol. The van der Waals surface area contributed by atoms with E-state index >= 15 is 0 Å². The fourth-order valence-electron chi connectivity index (χ4n) is 3.76. The minimum atomic E-state index is 0.856. The highest BCUT2D eigenvalue weighted by Gasteiger charge is 2.14. The molecule has 32 heavy (non-hydrogen) atoms. The van der Waals surface area contributed by atoms with Crippen molar-refractivity contribution in [2.45, 2.75) is 6.92 Å². The lowest BCUT2D eigenvalue weighted by Crippen LogP contribution is -2.08. The van der Waals surface area contributed by atoms with Crippen molar-refractivity contribution in [2.75, 3.05) is 24.3 Å². The summed E-state index contributed by atoms with van der Waals surface area (Å²) in [6.07, 6.45) is 3.57. The molecule has 1 N–H and O–H groups in total. The smallest absolute Gasteiger partial charge is 0.187 e. The van der Waals surface area contributed by atoms with Gasteiger partial charge in [0.25, 0.3) is 0 Å². The van der Waals surface area contributed by atoms with E-state index in [9.17, 15) is 0 Å². The minimum absolute atomic E-state index is 0.856. The number of nitrogens with one attached hydrogen (secondary N) is 1. The molecule has 0 aliphatic heterocycles. The molecular weight excluding hydrogens is 416 g/mol. The van der Waals surface area contributed by atoms with E-state index in [4.69, 9.17) is 9.97 Å². The van der Waals surface area contributed by atoms with Gasteiger partial charge in [-0.15, -0.1) is 11.3 Å². The highest BCUT2D eigenvalue weighted by molar-refractivity contribution is 7.14. The molecule has 0 amide bonds. The van der Waals surface area contributed by atoms with Gasteiger partial charge in [-0.2, -0.15) is 0 Å². The lowest BCUT2D eigenvalue weighted by atomic mass is 10.1. The van der Waals surface area contributed by atoms with Gasteiger partial charge >= 0.3 is 0 Å². The number of hydrogen-bond acceptors (Lipinski definition) is 6. The van der Waals surface area contributed by atoms with Gasteiger partial charge in [-0.3, -0.25) is 4.98 Å². The molecule has 0 fully saturated rings. The van der Waals surface area contributed by atoms with Crippen LogP contribution in [0.1, 0.15) is 5.56 Å². The third-order valence-electron chi connectivity index (χ3n) is 5.57. The highest BCUT2D eigenvalue weighted by atomic mass is 32.1. The van der Waals surface area contributed by atoms with Gasteiger partial charge in [-0.05, 0) is 48.9 Å². The van der Waals surface area contributed by atoms with Crippen LogP contribution in [-0.4, -0.2) is 33.6 Å². The third kappa shape index (κ3) is 3.71. The van der Waals surface area contributed by atoms with Gasteiger partial charge in [0.2, 0.25) is 0 Å². The van der Waals surface area contributed by atoms with Crippen molar-refractivity contribution in [1.29, 1.82) is 0 Å². The molecule has 160 valence electrons. The summed E-state index contributed by atoms with van der Waals surface area (Å²) in [5, 5.41) is 6.40. The minimum Gasteiger partial charge on any atom is -0.378 e. The third-order valence-corrected chi connectivity index (χ3v) is 6.33. The summed E-state index contributed by atoms with van der Waals surface area (Å²) in [6, 6.07) is 16.7. The molecule has 0 atom stereocenters. The molecule has 0 aliphatic rings. The van der Waals surface area contributed by atoms with Crippen LogP contribution in [0, 0.1) is 6.92 Å². The van der Waals surface area contributed by atoms with Crippen molar-refractivity contribution >= 4 is 38.9 Å². The molecule has 5 rings (SSSR count). The predicted octanol–water partition coefficient (Wildman–Crippen LogP) is 5.88. The number of thiazole rings is 1. The number of rotatable bonds is 5. The molecule has 0 saturated carbocycles. The molecule has 0 radical (unpaired) electrons. The number of anilines is 3. The SMILES string of the molecule is Cc1cc2c(cc1Nc1nc(-c3ccncc3)cs1)nc(-c1cccc(N(C)C)c1)n2C. The van der Waals surface area contributed by atoms with E-state index in [0.29, 0.717) is 0 Å². The van der Waals surface area contributed by atoms with E-state index < -0.39 is 0 Å². The maximum absolute atomic E-state index is 4.96. The molecule has 3 heterocycles. The van der Waals surface area contributed by atoms with Crippen LogP contribution in [0.25, 0.3) is 33.7 Å². The van der Waals surface area contributed by atoms with Gasteiger partial charge in [0.15, 0.2) is 5.13 Å². The standard InChI is InChI=1S/C25H24N6S/c1-16-12-23-21(27-24(31(23)4)18-6-5-7-19(13-18)30(2)3)14-20(16)28-25-29-22(15-32-25)17-8-10-26-11-9-17/h5-15H,1-4H3,(H,28,29).